The number of piperazine rings is 1. The Bertz CT molecular complexity index is 518. The van der Waals surface area contributed by atoms with Crippen LogP contribution >= 0.6 is 0 Å². The molecule has 3 N–H and O–H groups in total. The number of nitrogens with one attached hydrogen (secondary N) is 2. The van der Waals surface area contributed by atoms with Crippen LogP contribution in [-0.4, -0.2) is 47.0 Å². The maximum absolute atomic E-state index is 12.0. The fourth-order valence-electron chi connectivity index (χ4n) is 1.95. The number of hydrogen-bond donors (Lipinski definition) is 3. The largest absolute Gasteiger partial charge is 0.480 e. The average molecular weight is 277 g/mol. The van der Waals surface area contributed by atoms with E-state index in [2.05, 4.69) is 10.6 Å². The number of aliphatic carboxylic acids is 1. The van der Waals surface area contributed by atoms with Gasteiger partial charge in [-0.2, -0.15) is 0 Å². The zero-order valence-corrected chi connectivity index (χ0v) is 10.7. The van der Waals surface area contributed by atoms with Gasteiger partial charge in [-0.05, 0) is 5.56 Å². The average Bonchev–Trinajstić information content (AvgIpc) is 2.45. The Kier molecular flexibility index (Phi) is 4.19. The van der Waals surface area contributed by atoms with Crippen molar-refractivity contribution in [1.29, 1.82) is 0 Å². The van der Waals surface area contributed by atoms with Crippen LogP contribution in [0, 0.1) is 0 Å². The lowest BCUT2D eigenvalue weighted by Gasteiger charge is -2.32. The maximum atomic E-state index is 12.0. The lowest BCUT2D eigenvalue weighted by atomic mass is 10.2. The van der Waals surface area contributed by atoms with Gasteiger partial charge in [0.15, 0.2) is 0 Å². The molecule has 0 aromatic heterocycles. The van der Waals surface area contributed by atoms with E-state index in [1.54, 1.807) is 0 Å². The number of amides is 3. The Morgan fingerprint density at radius 1 is 1.35 bits per heavy atom. The highest BCUT2D eigenvalue weighted by Gasteiger charge is 2.34. The van der Waals surface area contributed by atoms with E-state index in [0.29, 0.717) is 0 Å². The molecule has 0 spiro atoms. The van der Waals surface area contributed by atoms with Gasteiger partial charge in [-0.15, -0.1) is 0 Å². The molecular weight excluding hydrogens is 262 g/mol. The number of carbonyl (C=O) groups is 3. The van der Waals surface area contributed by atoms with Gasteiger partial charge < -0.3 is 15.7 Å². The van der Waals surface area contributed by atoms with E-state index in [1.807, 2.05) is 30.3 Å². The standard InChI is InChI=1S/C13H15N3O4/c17-11-8-16(10(7-14-11)12(18)19)13(20)15-6-9-4-2-1-3-5-9/h1-5,10H,6-8H2,(H,14,17)(H,15,20)(H,18,19). The second kappa shape index (κ2) is 6.05. The fourth-order valence-corrected chi connectivity index (χ4v) is 1.95. The van der Waals surface area contributed by atoms with Crippen molar-refractivity contribution >= 4 is 17.9 Å². The molecule has 1 aromatic rings. The summed E-state index contributed by atoms with van der Waals surface area (Å²) < 4.78 is 0. The number of nitrogens with zero attached hydrogens (tertiary/aromatic N) is 1. The minimum absolute atomic E-state index is 0.0765. The molecule has 1 atom stereocenters. The summed E-state index contributed by atoms with van der Waals surface area (Å²) in [6, 6.07) is 7.64. The van der Waals surface area contributed by atoms with Gasteiger partial charge in [0, 0.05) is 13.1 Å². The van der Waals surface area contributed by atoms with Gasteiger partial charge in [0.25, 0.3) is 0 Å². The van der Waals surface area contributed by atoms with Crippen molar-refractivity contribution < 1.29 is 19.5 Å². The van der Waals surface area contributed by atoms with Gasteiger partial charge in [0.1, 0.15) is 12.6 Å². The minimum Gasteiger partial charge on any atom is -0.480 e. The summed E-state index contributed by atoms with van der Waals surface area (Å²) in [5.41, 5.74) is 0.897. The number of hydrogen-bond acceptors (Lipinski definition) is 3. The quantitative estimate of drug-likeness (QED) is 0.711. The third-order valence-electron chi connectivity index (χ3n) is 3.02. The van der Waals surface area contributed by atoms with Crippen molar-refractivity contribution in [3.63, 3.8) is 0 Å². The van der Waals surface area contributed by atoms with Gasteiger partial charge in [0.2, 0.25) is 5.91 Å². The molecule has 0 bridgehead atoms. The summed E-state index contributed by atoms with van der Waals surface area (Å²) in [6.07, 6.45) is 0. The van der Waals surface area contributed by atoms with Crippen LogP contribution in [0.1, 0.15) is 5.56 Å². The molecule has 1 aromatic carbocycles. The van der Waals surface area contributed by atoms with Gasteiger partial charge in [-0.3, -0.25) is 9.69 Å². The summed E-state index contributed by atoms with van der Waals surface area (Å²) in [6.45, 7) is -0.0470. The normalized spacial score (nSPS) is 18.3. The molecule has 2 rings (SSSR count). The number of rotatable bonds is 3. The van der Waals surface area contributed by atoms with E-state index < -0.39 is 18.0 Å². The van der Waals surface area contributed by atoms with Crippen LogP contribution in [0.25, 0.3) is 0 Å². The molecule has 0 saturated carbocycles. The van der Waals surface area contributed by atoms with Crippen LogP contribution in [0.15, 0.2) is 30.3 Å². The highest BCUT2D eigenvalue weighted by molar-refractivity contribution is 5.90. The summed E-state index contributed by atoms with van der Waals surface area (Å²) in [7, 11) is 0. The predicted octanol–water partition coefficient (Wildman–Crippen LogP) is -0.219. The first-order chi connectivity index (χ1) is 9.58. The van der Waals surface area contributed by atoms with Gasteiger partial charge >= 0.3 is 12.0 Å². The topological polar surface area (TPSA) is 98.7 Å². The highest BCUT2D eigenvalue weighted by atomic mass is 16.4. The molecule has 7 heteroatoms. The van der Waals surface area contributed by atoms with E-state index in [1.165, 1.54) is 0 Å². The van der Waals surface area contributed by atoms with Gasteiger partial charge in [-0.25, -0.2) is 9.59 Å². The molecule has 0 aliphatic carbocycles. The van der Waals surface area contributed by atoms with Gasteiger partial charge in [0.05, 0.1) is 0 Å². The molecular formula is C13H15N3O4. The Balaban J connectivity index is 1.98. The van der Waals surface area contributed by atoms with E-state index >= 15 is 0 Å². The molecule has 7 nitrogen and oxygen atoms in total. The van der Waals surface area contributed by atoms with E-state index in [-0.39, 0.29) is 25.5 Å². The van der Waals surface area contributed by atoms with Crippen molar-refractivity contribution in [2.24, 2.45) is 0 Å². The molecule has 20 heavy (non-hydrogen) atoms. The van der Waals surface area contributed by atoms with Crippen molar-refractivity contribution in [1.82, 2.24) is 15.5 Å². The molecule has 1 fully saturated rings. The molecule has 1 saturated heterocycles. The number of benzene rings is 1. The lowest BCUT2D eigenvalue weighted by Crippen LogP contribution is -2.61. The van der Waals surface area contributed by atoms with Crippen LogP contribution in [-0.2, 0) is 16.1 Å². The third-order valence-corrected chi connectivity index (χ3v) is 3.02. The Morgan fingerprint density at radius 2 is 2.05 bits per heavy atom. The summed E-state index contributed by atoms with van der Waals surface area (Å²) >= 11 is 0. The number of carbonyl (C=O) groups excluding carboxylic acids is 2. The van der Waals surface area contributed by atoms with Crippen molar-refractivity contribution in [2.45, 2.75) is 12.6 Å². The first kappa shape index (κ1) is 13.9. The van der Waals surface area contributed by atoms with Crippen molar-refractivity contribution in [3.8, 4) is 0 Å². The molecule has 3 amide bonds. The molecule has 1 unspecified atom stereocenters. The lowest BCUT2D eigenvalue weighted by molar-refractivity contribution is -0.144. The van der Waals surface area contributed by atoms with Crippen LogP contribution < -0.4 is 10.6 Å². The van der Waals surface area contributed by atoms with Crippen molar-refractivity contribution in [2.75, 3.05) is 13.1 Å². The monoisotopic (exact) mass is 277 g/mol. The summed E-state index contributed by atoms with van der Waals surface area (Å²) in [5.74, 6) is -1.50. The van der Waals surface area contributed by atoms with E-state index in [0.717, 1.165) is 10.5 Å². The minimum atomic E-state index is -1.14. The number of urea groups is 1. The molecule has 0 radical (unpaired) electrons. The first-order valence-electron chi connectivity index (χ1n) is 6.16. The zero-order valence-electron chi connectivity index (χ0n) is 10.7. The highest BCUT2D eigenvalue weighted by Crippen LogP contribution is 2.06. The number of carboxylic acid groups (broad SMARTS) is 1. The van der Waals surface area contributed by atoms with E-state index in [4.69, 9.17) is 5.11 Å². The Labute approximate surface area is 115 Å². The second-order valence-corrected chi connectivity index (χ2v) is 4.43. The predicted molar refractivity (Wildman–Crippen MR) is 69.8 cm³/mol. The smallest absolute Gasteiger partial charge is 0.328 e. The molecule has 1 aliphatic heterocycles. The first-order valence-corrected chi connectivity index (χ1v) is 6.16. The Hall–Kier alpha value is -2.57. The van der Waals surface area contributed by atoms with Crippen LogP contribution in [0.4, 0.5) is 4.79 Å². The van der Waals surface area contributed by atoms with Crippen LogP contribution in [0.5, 0.6) is 0 Å². The Morgan fingerprint density at radius 3 is 2.70 bits per heavy atom. The molecule has 106 valence electrons. The zero-order chi connectivity index (χ0) is 14.5. The van der Waals surface area contributed by atoms with Crippen LogP contribution in [0.2, 0.25) is 0 Å². The fraction of sp³-hybridized carbons (Fsp3) is 0.308. The summed E-state index contributed by atoms with van der Waals surface area (Å²) in [5, 5.41) is 14.1. The third kappa shape index (κ3) is 3.25. The van der Waals surface area contributed by atoms with Crippen LogP contribution in [0.3, 0.4) is 0 Å². The SMILES string of the molecule is O=C1CN(C(=O)NCc2ccccc2)C(C(=O)O)CN1. The summed E-state index contributed by atoms with van der Waals surface area (Å²) in [4.78, 5) is 35.4. The molecule has 1 heterocycles. The maximum Gasteiger partial charge on any atom is 0.328 e. The number of carboxylic acids is 1. The van der Waals surface area contributed by atoms with Gasteiger partial charge in [-0.1, -0.05) is 30.3 Å². The molecule has 1 aliphatic rings. The van der Waals surface area contributed by atoms with E-state index in [9.17, 15) is 14.4 Å². The van der Waals surface area contributed by atoms with Crippen molar-refractivity contribution in [3.05, 3.63) is 35.9 Å². The second-order valence-electron chi connectivity index (χ2n) is 4.43.